The SMILES string of the molecule is Cc1cc2c(cc3n2CC(C(=O)NC2CCCCC2)(c2ccccc2)N(Cc2ccccc2)C3=O)o1. The van der Waals surface area contributed by atoms with E-state index in [1.54, 1.807) is 4.90 Å². The maximum atomic E-state index is 14.5. The quantitative estimate of drug-likeness (QED) is 0.407. The van der Waals surface area contributed by atoms with E-state index < -0.39 is 5.54 Å². The third-order valence-electron chi connectivity index (χ3n) is 7.78. The van der Waals surface area contributed by atoms with Crippen molar-refractivity contribution in [1.29, 1.82) is 0 Å². The smallest absolute Gasteiger partial charge is 0.272 e. The van der Waals surface area contributed by atoms with E-state index in [2.05, 4.69) is 5.32 Å². The van der Waals surface area contributed by atoms with Crippen LogP contribution in [-0.2, 0) is 23.4 Å². The monoisotopic (exact) mass is 481 g/mol. The standard InChI is InChI=1S/C30H31N3O3/c1-21-17-25-27(36-21)18-26-28(34)33(19-22-11-5-2-6-12-22)30(20-32(25)26,23-13-7-3-8-14-23)29(35)31-24-15-9-4-10-16-24/h2-3,5-8,11-14,17-18,24H,4,9-10,15-16,19-20H2,1H3,(H,31,35). The molecule has 36 heavy (non-hydrogen) atoms. The first-order chi connectivity index (χ1) is 17.6. The van der Waals surface area contributed by atoms with Crippen molar-refractivity contribution in [2.24, 2.45) is 0 Å². The second kappa shape index (κ2) is 9.01. The minimum atomic E-state index is -1.20. The lowest BCUT2D eigenvalue weighted by molar-refractivity contribution is -0.136. The average molecular weight is 482 g/mol. The number of aryl methyl sites for hydroxylation is 1. The zero-order chi connectivity index (χ0) is 24.7. The molecule has 2 aromatic carbocycles. The molecule has 6 rings (SSSR count). The lowest BCUT2D eigenvalue weighted by atomic mass is 9.83. The fourth-order valence-electron chi connectivity index (χ4n) is 5.95. The molecular weight excluding hydrogens is 450 g/mol. The maximum absolute atomic E-state index is 14.5. The summed E-state index contributed by atoms with van der Waals surface area (Å²) in [5, 5.41) is 3.37. The molecule has 0 bridgehead atoms. The van der Waals surface area contributed by atoms with Crippen LogP contribution in [0.3, 0.4) is 0 Å². The van der Waals surface area contributed by atoms with Crippen LogP contribution in [0.15, 0.2) is 77.2 Å². The van der Waals surface area contributed by atoms with Crippen molar-refractivity contribution in [2.75, 3.05) is 0 Å². The molecule has 184 valence electrons. The Morgan fingerprint density at radius 2 is 1.69 bits per heavy atom. The number of nitrogens with one attached hydrogen (secondary N) is 1. The Labute approximate surface area is 210 Å². The molecule has 1 saturated carbocycles. The predicted molar refractivity (Wildman–Crippen MR) is 138 cm³/mol. The second-order valence-electron chi connectivity index (χ2n) is 10.1. The molecule has 1 unspecified atom stereocenters. The lowest BCUT2D eigenvalue weighted by Gasteiger charge is -2.47. The van der Waals surface area contributed by atoms with Crippen LogP contribution >= 0.6 is 0 Å². The highest BCUT2D eigenvalue weighted by Gasteiger charge is 2.53. The summed E-state index contributed by atoms with van der Waals surface area (Å²) in [4.78, 5) is 30.5. The van der Waals surface area contributed by atoms with Crippen molar-refractivity contribution in [3.05, 3.63) is 95.4 Å². The van der Waals surface area contributed by atoms with E-state index in [0.29, 0.717) is 24.4 Å². The number of nitrogens with zero attached hydrogens (tertiary/aromatic N) is 2. The number of rotatable bonds is 5. The van der Waals surface area contributed by atoms with Crippen LogP contribution in [0.1, 0.15) is 59.5 Å². The maximum Gasteiger partial charge on any atom is 0.272 e. The Bertz CT molecular complexity index is 1400. The summed E-state index contributed by atoms with van der Waals surface area (Å²) in [5.41, 5.74) is 2.67. The van der Waals surface area contributed by atoms with Gasteiger partial charge in [-0.3, -0.25) is 9.59 Å². The molecule has 1 fully saturated rings. The summed E-state index contributed by atoms with van der Waals surface area (Å²) >= 11 is 0. The molecule has 0 spiro atoms. The number of benzene rings is 2. The molecule has 1 aliphatic carbocycles. The molecule has 6 heteroatoms. The normalized spacial score (nSPS) is 20.5. The molecule has 0 saturated heterocycles. The van der Waals surface area contributed by atoms with E-state index in [0.717, 1.165) is 48.1 Å². The number of hydrogen-bond donors (Lipinski definition) is 1. The Kier molecular flexibility index (Phi) is 5.67. The number of hydrogen-bond acceptors (Lipinski definition) is 3. The van der Waals surface area contributed by atoms with Gasteiger partial charge in [0.25, 0.3) is 11.8 Å². The van der Waals surface area contributed by atoms with Crippen LogP contribution in [0.2, 0.25) is 0 Å². The van der Waals surface area contributed by atoms with Crippen molar-refractivity contribution in [2.45, 2.75) is 63.7 Å². The minimum Gasteiger partial charge on any atom is -0.460 e. The third-order valence-corrected chi connectivity index (χ3v) is 7.78. The van der Waals surface area contributed by atoms with E-state index in [1.807, 2.05) is 84.3 Å². The molecule has 1 aliphatic heterocycles. The van der Waals surface area contributed by atoms with Crippen molar-refractivity contribution < 1.29 is 14.0 Å². The fourth-order valence-corrected chi connectivity index (χ4v) is 5.95. The fraction of sp³-hybridized carbons (Fsp3) is 0.333. The number of furan rings is 1. The largest absolute Gasteiger partial charge is 0.460 e. The van der Waals surface area contributed by atoms with E-state index in [9.17, 15) is 9.59 Å². The molecule has 2 aromatic heterocycles. The Morgan fingerprint density at radius 3 is 2.42 bits per heavy atom. The van der Waals surface area contributed by atoms with Crippen LogP contribution in [0, 0.1) is 6.92 Å². The van der Waals surface area contributed by atoms with Crippen LogP contribution in [0.4, 0.5) is 0 Å². The van der Waals surface area contributed by atoms with Gasteiger partial charge in [0, 0.05) is 24.7 Å². The van der Waals surface area contributed by atoms with E-state index >= 15 is 0 Å². The summed E-state index contributed by atoms with van der Waals surface area (Å²) in [6, 6.07) is 23.6. The highest BCUT2D eigenvalue weighted by atomic mass is 16.3. The number of aromatic nitrogens is 1. The third kappa shape index (κ3) is 3.72. The Balaban J connectivity index is 1.53. The van der Waals surface area contributed by atoms with Crippen LogP contribution < -0.4 is 5.32 Å². The number of amides is 2. The van der Waals surface area contributed by atoms with Gasteiger partial charge in [-0.1, -0.05) is 79.9 Å². The van der Waals surface area contributed by atoms with Gasteiger partial charge in [0.2, 0.25) is 0 Å². The molecule has 2 amide bonds. The highest BCUT2D eigenvalue weighted by molar-refractivity contribution is 6.03. The van der Waals surface area contributed by atoms with Crippen LogP contribution in [0.5, 0.6) is 0 Å². The number of carbonyl (C=O) groups excluding carboxylic acids is 2. The van der Waals surface area contributed by atoms with Gasteiger partial charge in [-0.25, -0.2) is 0 Å². The molecule has 0 radical (unpaired) electrons. The van der Waals surface area contributed by atoms with Crippen LogP contribution in [0.25, 0.3) is 11.1 Å². The number of carbonyl (C=O) groups is 2. The van der Waals surface area contributed by atoms with Gasteiger partial charge >= 0.3 is 0 Å². The van der Waals surface area contributed by atoms with Crippen molar-refractivity contribution in [3.8, 4) is 0 Å². The molecular formula is C30H31N3O3. The second-order valence-corrected chi connectivity index (χ2v) is 10.1. The Morgan fingerprint density at radius 1 is 1.00 bits per heavy atom. The summed E-state index contributed by atoms with van der Waals surface area (Å²) in [6.45, 7) is 2.56. The summed E-state index contributed by atoms with van der Waals surface area (Å²) < 4.78 is 7.86. The van der Waals surface area contributed by atoms with Crippen molar-refractivity contribution in [1.82, 2.24) is 14.8 Å². The average Bonchev–Trinajstić information content (AvgIpc) is 3.43. The van der Waals surface area contributed by atoms with Gasteiger partial charge in [-0.15, -0.1) is 0 Å². The predicted octanol–water partition coefficient (Wildman–Crippen LogP) is 5.54. The van der Waals surface area contributed by atoms with Crippen molar-refractivity contribution in [3.63, 3.8) is 0 Å². The van der Waals surface area contributed by atoms with Gasteiger partial charge in [0.15, 0.2) is 11.1 Å². The zero-order valence-corrected chi connectivity index (χ0v) is 20.6. The number of fused-ring (bicyclic) bond motifs is 3. The lowest BCUT2D eigenvalue weighted by Crippen LogP contribution is -2.64. The highest BCUT2D eigenvalue weighted by Crippen LogP contribution is 2.41. The van der Waals surface area contributed by atoms with E-state index in [4.69, 9.17) is 4.42 Å². The first-order valence-corrected chi connectivity index (χ1v) is 12.9. The molecule has 1 N–H and O–H groups in total. The molecule has 2 aliphatic rings. The summed E-state index contributed by atoms with van der Waals surface area (Å²) in [6.07, 6.45) is 5.39. The summed E-state index contributed by atoms with van der Waals surface area (Å²) in [5.74, 6) is 0.501. The molecule has 3 heterocycles. The molecule has 6 nitrogen and oxygen atoms in total. The van der Waals surface area contributed by atoms with E-state index in [1.165, 1.54) is 6.42 Å². The van der Waals surface area contributed by atoms with Crippen molar-refractivity contribution >= 4 is 22.9 Å². The molecule has 1 atom stereocenters. The van der Waals surface area contributed by atoms with E-state index in [-0.39, 0.29) is 17.9 Å². The topological polar surface area (TPSA) is 67.5 Å². The first-order valence-electron chi connectivity index (χ1n) is 12.9. The van der Waals surface area contributed by atoms with Gasteiger partial charge < -0.3 is 19.2 Å². The zero-order valence-electron chi connectivity index (χ0n) is 20.6. The van der Waals surface area contributed by atoms with Crippen LogP contribution in [-0.4, -0.2) is 27.3 Å². The van der Waals surface area contributed by atoms with Gasteiger partial charge in [-0.05, 0) is 30.9 Å². The van der Waals surface area contributed by atoms with Gasteiger partial charge in [-0.2, -0.15) is 0 Å². The van der Waals surface area contributed by atoms with Gasteiger partial charge in [0.1, 0.15) is 11.5 Å². The Hall–Kier alpha value is -3.80. The minimum absolute atomic E-state index is 0.113. The summed E-state index contributed by atoms with van der Waals surface area (Å²) in [7, 11) is 0. The first kappa shape index (κ1) is 22.7. The molecule has 4 aromatic rings. The van der Waals surface area contributed by atoms with Gasteiger partial charge in [0.05, 0.1) is 12.1 Å².